The number of thiazole rings is 1. The Morgan fingerprint density at radius 2 is 2.58 bits per heavy atom. The Labute approximate surface area is 117 Å². The number of esters is 1. The molecule has 1 aromatic heterocycles. The highest BCUT2D eigenvalue weighted by molar-refractivity contribution is 7.09. The summed E-state index contributed by atoms with van der Waals surface area (Å²) in [6.07, 6.45) is 4.75. The zero-order valence-electron chi connectivity index (χ0n) is 11.2. The highest BCUT2D eigenvalue weighted by atomic mass is 32.1. The Morgan fingerprint density at radius 1 is 1.68 bits per heavy atom. The summed E-state index contributed by atoms with van der Waals surface area (Å²) in [6.45, 7) is 3.17. The fourth-order valence-electron chi connectivity index (χ4n) is 2.19. The van der Waals surface area contributed by atoms with Gasteiger partial charge in [0.1, 0.15) is 5.01 Å². The van der Waals surface area contributed by atoms with E-state index in [1.54, 1.807) is 11.3 Å². The van der Waals surface area contributed by atoms with Crippen molar-refractivity contribution in [3.8, 4) is 0 Å². The van der Waals surface area contributed by atoms with Crippen LogP contribution < -0.4 is 0 Å². The molecule has 1 unspecified atom stereocenters. The minimum Gasteiger partial charge on any atom is -0.469 e. The molecule has 0 spiro atoms. The lowest BCUT2D eigenvalue weighted by molar-refractivity contribution is -0.141. The first-order valence-electron chi connectivity index (χ1n) is 6.57. The summed E-state index contributed by atoms with van der Waals surface area (Å²) in [5.41, 5.74) is 0. The average molecular weight is 284 g/mol. The molecule has 1 aromatic rings. The predicted octanol–water partition coefficient (Wildman–Crippen LogP) is 1.69. The Balaban J connectivity index is 1.85. The molecular formula is C13H20N2O3S. The molecule has 6 heteroatoms. The van der Waals surface area contributed by atoms with E-state index in [1.807, 2.05) is 11.6 Å². The topological polar surface area (TPSA) is 51.7 Å². The van der Waals surface area contributed by atoms with Gasteiger partial charge in [-0.3, -0.25) is 9.69 Å². The molecule has 0 amide bonds. The molecule has 19 heavy (non-hydrogen) atoms. The van der Waals surface area contributed by atoms with Gasteiger partial charge in [0.2, 0.25) is 0 Å². The first kappa shape index (κ1) is 14.4. The molecule has 0 bridgehead atoms. The minimum absolute atomic E-state index is 0.170. The van der Waals surface area contributed by atoms with Crippen molar-refractivity contribution < 1.29 is 14.3 Å². The van der Waals surface area contributed by atoms with E-state index in [0.29, 0.717) is 13.0 Å². The predicted molar refractivity (Wildman–Crippen MR) is 73.0 cm³/mol. The van der Waals surface area contributed by atoms with Gasteiger partial charge >= 0.3 is 5.97 Å². The minimum atomic E-state index is -0.170. The molecule has 2 rings (SSSR count). The summed E-state index contributed by atoms with van der Waals surface area (Å²) in [5, 5.41) is 3.04. The molecule has 1 aliphatic rings. The lowest BCUT2D eigenvalue weighted by Crippen LogP contribution is -2.33. The summed E-state index contributed by atoms with van der Waals surface area (Å²) >= 11 is 1.64. The first-order valence-corrected chi connectivity index (χ1v) is 7.45. The second-order valence-electron chi connectivity index (χ2n) is 4.62. The molecule has 1 fully saturated rings. The largest absolute Gasteiger partial charge is 0.469 e. The average Bonchev–Trinajstić information content (AvgIpc) is 3.08. The van der Waals surface area contributed by atoms with Crippen LogP contribution in [0.15, 0.2) is 11.6 Å². The van der Waals surface area contributed by atoms with Crippen LogP contribution in [0.25, 0.3) is 0 Å². The van der Waals surface area contributed by atoms with Gasteiger partial charge in [-0.05, 0) is 12.8 Å². The van der Waals surface area contributed by atoms with Crippen molar-refractivity contribution in [2.24, 2.45) is 0 Å². The summed E-state index contributed by atoms with van der Waals surface area (Å²) in [5.74, 6) is -0.170. The molecular weight excluding hydrogens is 264 g/mol. The molecule has 5 nitrogen and oxygen atoms in total. The van der Waals surface area contributed by atoms with Gasteiger partial charge in [0.05, 0.1) is 26.2 Å². The Morgan fingerprint density at radius 3 is 3.21 bits per heavy atom. The van der Waals surface area contributed by atoms with Crippen molar-refractivity contribution >= 4 is 17.3 Å². The van der Waals surface area contributed by atoms with Crippen LogP contribution >= 0.6 is 11.3 Å². The first-order chi connectivity index (χ1) is 9.28. The Hall–Kier alpha value is -0.980. The van der Waals surface area contributed by atoms with Gasteiger partial charge in [0.25, 0.3) is 0 Å². The number of methoxy groups -OCH3 is 1. The summed E-state index contributed by atoms with van der Waals surface area (Å²) in [4.78, 5) is 17.8. The summed E-state index contributed by atoms with van der Waals surface area (Å²) in [7, 11) is 1.42. The van der Waals surface area contributed by atoms with E-state index in [2.05, 4.69) is 9.88 Å². The van der Waals surface area contributed by atoms with Crippen LogP contribution in [0, 0.1) is 0 Å². The molecule has 0 aromatic carbocycles. The van der Waals surface area contributed by atoms with Crippen LogP contribution in [0.1, 0.15) is 24.3 Å². The zero-order valence-corrected chi connectivity index (χ0v) is 12.0. The van der Waals surface area contributed by atoms with E-state index >= 15 is 0 Å². The van der Waals surface area contributed by atoms with E-state index in [9.17, 15) is 4.79 Å². The van der Waals surface area contributed by atoms with Crippen molar-refractivity contribution in [2.75, 3.05) is 26.8 Å². The van der Waals surface area contributed by atoms with Gasteiger partial charge in [-0.1, -0.05) is 0 Å². The second-order valence-corrected chi connectivity index (χ2v) is 5.60. The third kappa shape index (κ3) is 4.89. The number of hydrogen-bond donors (Lipinski definition) is 0. The maximum atomic E-state index is 11.3. The van der Waals surface area contributed by atoms with E-state index in [1.165, 1.54) is 7.11 Å². The van der Waals surface area contributed by atoms with Crippen LogP contribution in [-0.4, -0.2) is 48.8 Å². The third-order valence-electron chi connectivity index (χ3n) is 3.19. The van der Waals surface area contributed by atoms with E-state index in [-0.39, 0.29) is 12.1 Å². The maximum absolute atomic E-state index is 11.3. The molecule has 0 radical (unpaired) electrons. The molecule has 2 heterocycles. The molecule has 1 atom stereocenters. The van der Waals surface area contributed by atoms with Crippen LogP contribution in [-0.2, 0) is 20.8 Å². The smallest absolute Gasteiger partial charge is 0.306 e. The van der Waals surface area contributed by atoms with Crippen molar-refractivity contribution in [1.29, 1.82) is 0 Å². The SMILES string of the molecule is COC(=O)CCN(Cc1nccs1)CC1CCCO1. The van der Waals surface area contributed by atoms with Crippen LogP contribution in [0.5, 0.6) is 0 Å². The van der Waals surface area contributed by atoms with E-state index in [0.717, 1.165) is 37.5 Å². The highest BCUT2D eigenvalue weighted by Crippen LogP contribution is 2.16. The van der Waals surface area contributed by atoms with Crippen molar-refractivity contribution in [3.05, 3.63) is 16.6 Å². The van der Waals surface area contributed by atoms with Gasteiger partial charge in [-0.15, -0.1) is 11.3 Å². The van der Waals surface area contributed by atoms with Gasteiger partial charge in [-0.2, -0.15) is 0 Å². The van der Waals surface area contributed by atoms with Gasteiger partial charge < -0.3 is 9.47 Å². The van der Waals surface area contributed by atoms with Crippen LogP contribution in [0.2, 0.25) is 0 Å². The number of aromatic nitrogens is 1. The van der Waals surface area contributed by atoms with Crippen molar-refractivity contribution in [3.63, 3.8) is 0 Å². The number of carbonyl (C=O) groups excluding carboxylic acids is 1. The normalized spacial score (nSPS) is 18.9. The van der Waals surface area contributed by atoms with Gasteiger partial charge in [-0.25, -0.2) is 4.98 Å². The molecule has 0 N–H and O–H groups in total. The Kier molecular flexibility index (Phi) is 5.75. The summed E-state index contributed by atoms with van der Waals surface area (Å²) < 4.78 is 10.4. The van der Waals surface area contributed by atoms with Crippen molar-refractivity contribution in [2.45, 2.75) is 31.9 Å². The highest BCUT2D eigenvalue weighted by Gasteiger charge is 2.20. The fraction of sp³-hybridized carbons (Fsp3) is 0.692. The Bertz CT molecular complexity index is 377. The quantitative estimate of drug-likeness (QED) is 0.713. The maximum Gasteiger partial charge on any atom is 0.306 e. The molecule has 1 saturated heterocycles. The second kappa shape index (κ2) is 7.57. The lowest BCUT2D eigenvalue weighted by Gasteiger charge is -2.23. The molecule has 0 saturated carbocycles. The van der Waals surface area contributed by atoms with Crippen LogP contribution in [0.4, 0.5) is 0 Å². The third-order valence-corrected chi connectivity index (χ3v) is 3.95. The molecule has 106 valence electrons. The standard InChI is InChI=1S/C13H20N2O3S/c1-17-13(16)4-6-15(9-11-3-2-7-18-11)10-12-14-5-8-19-12/h5,8,11H,2-4,6-7,9-10H2,1H3. The summed E-state index contributed by atoms with van der Waals surface area (Å²) in [6, 6.07) is 0. The van der Waals surface area contributed by atoms with Crippen molar-refractivity contribution in [1.82, 2.24) is 9.88 Å². The lowest BCUT2D eigenvalue weighted by atomic mass is 10.2. The van der Waals surface area contributed by atoms with E-state index < -0.39 is 0 Å². The number of carbonyl (C=O) groups is 1. The van der Waals surface area contributed by atoms with Crippen LogP contribution in [0.3, 0.4) is 0 Å². The van der Waals surface area contributed by atoms with Gasteiger partial charge in [0, 0.05) is 31.3 Å². The number of hydrogen-bond acceptors (Lipinski definition) is 6. The van der Waals surface area contributed by atoms with Gasteiger partial charge in [0.15, 0.2) is 0 Å². The number of ether oxygens (including phenoxy) is 2. The number of nitrogens with zero attached hydrogens (tertiary/aromatic N) is 2. The molecule has 1 aliphatic heterocycles. The number of rotatable bonds is 7. The van der Waals surface area contributed by atoms with E-state index in [4.69, 9.17) is 9.47 Å². The molecule has 0 aliphatic carbocycles. The fourth-order valence-corrected chi connectivity index (χ4v) is 2.84. The zero-order chi connectivity index (χ0) is 13.5. The monoisotopic (exact) mass is 284 g/mol.